The first-order valence-corrected chi connectivity index (χ1v) is 6.42. The third-order valence-corrected chi connectivity index (χ3v) is 3.55. The van der Waals surface area contributed by atoms with E-state index in [0.29, 0.717) is 0 Å². The molecule has 0 saturated heterocycles. The Bertz CT molecular complexity index is 594. The third-order valence-electron chi connectivity index (χ3n) is 3.55. The minimum Gasteiger partial charge on any atom is -0.384 e. The van der Waals surface area contributed by atoms with Crippen LogP contribution in [-0.2, 0) is 0 Å². The molecular formula is C17H19FO. The Kier molecular flexibility index (Phi) is 3.72. The van der Waals surface area contributed by atoms with Crippen molar-refractivity contribution in [2.45, 2.75) is 33.8 Å². The Morgan fingerprint density at radius 3 is 2.00 bits per heavy atom. The Morgan fingerprint density at radius 1 is 0.895 bits per heavy atom. The summed E-state index contributed by atoms with van der Waals surface area (Å²) < 4.78 is 13.3. The van der Waals surface area contributed by atoms with Crippen LogP contribution >= 0.6 is 0 Å². The Hall–Kier alpha value is -1.67. The fourth-order valence-electron chi connectivity index (χ4n) is 2.64. The SMILES string of the molecule is Cc1ccc(C(O)c2c(C)cc(F)cc2C)c(C)c1. The number of halogens is 1. The molecule has 2 rings (SSSR count). The number of hydrogen-bond donors (Lipinski definition) is 1. The molecule has 2 heteroatoms. The van der Waals surface area contributed by atoms with Crippen molar-refractivity contribution in [2.75, 3.05) is 0 Å². The van der Waals surface area contributed by atoms with E-state index < -0.39 is 6.10 Å². The van der Waals surface area contributed by atoms with Gasteiger partial charge in [-0.3, -0.25) is 0 Å². The van der Waals surface area contributed by atoms with E-state index in [-0.39, 0.29) is 5.82 Å². The third kappa shape index (κ3) is 2.69. The molecule has 0 saturated carbocycles. The molecule has 1 nitrogen and oxygen atoms in total. The predicted octanol–water partition coefficient (Wildman–Crippen LogP) is 4.14. The van der Waals surface area contributed by atoms with Crippen LogP contribution in [0.5, 0.6) is 0 Å². The highest BCUT2D eigenvalue weighted by atomic mass is 19.1. The zero-order valence-corrected chi connectivity index (χ0v) is 11.8. The molecule has 0 aromatic heterocycles. The van der Waals surface area contributed by atoms with E-state index in [4.69, 9.17) is 0 Å². The van der Waals surface area contributed by atoms with Gasteiger partial charge in [0, 0.05) is 0 Å². The van der Waals surface area contributed by atoms with Gasteiger partial charge in [0.1, 0.15) is 11.9 Å². The van der Waals surface area contributed by atoms with Crippen LogP contribution in [0.15, 0.2) is 30.3 Å². The van der Waals surface area contributed by atoms with Gasteiger partial charge in [0.15, 0.2) is 0 Å². The smallest absolute Gasteiger partial charge is 0.123 e. The van der Waals surface area contributed by atoms with Gasteiger partial charge in [-0.05, 0) is 67.6 Å². The Labute approximate surface area is 113 Å². The molecule has 1 atom stereocenters. The zero-order valence-electron chi connectivity index (χ0n) is 11.8. The van der Waals surface area contributed by atoms with Crippen LogP contribution in [0, 0.1) is 33.5 Å². The number of hydrogen-bond acceptors (Lipinski definition) is 1. The molecule has 19 heavy (non-hydrogen) atoms. The van der Waals surface area contributed by atoms with E-state index in [1.54, 1.807) is 0 Å². The molecule has 100 valence electrons. The molecule has 1 N–H and O–H groups in total. The molecule has 0 aliphatic carbocycles. The summed E-state index contributed by atoms with van der Waals surface area (Å²) in [5.41, 5.74) is 5.46. The van der Waals surface area contributed by atoms with Crippen LogP contribution in [0.1, 0.15) is 39.5 Å². The van der Waals surface area contributed by atoms with Crippen LogP contribution in [0.3, 0.4) is 0 Å². The van der Waals surface area contributed by atoms with Gasteiger partial charge in [-0.2, -0.15) is 0 Å². The molecule has 0 bridgehead atoms. The van der Waals surface area contributed by atoms with Crippen LogP contribution in [0.25, 0.3) is 0 Å². The molecule has 1 unspecified atom stereocenters. The Balaban J connectivity index is 2.53. The quantitative estimate of drug-likeness (QED) is 0.858. The molecular weight excluding hydrogens is 239 g/mol. The molecule has 0 amide bonds. The lowest BCUT2D eigenvalue weighted by Crippen LogP contribution is -2.07. The van der Waals surface area contributed by atoms with Gasteiger partial charge in [-0.25, -0.2) is 4.39 Å². The van der Waals surface area contributed by atoms with Gasteiger partial charge in [0.05, 0.1) is 0 Å². The first-order valence-electron chi connectivity index (χ1n) is 6.42. The van der Waals surface area contributed by atoms with Crippen LogP contribution in [0.2, 0.25) is 0 Å². The fourth-order valence-corrected chi connectivity index (χ4v) is 2.64. The van der Waals surface area contributed by atoms with Crippen molar-refractivity contribution < 1.29 is 9.50 Å². The average Bonchev–Trinajstić information content (AvgIpc) is 2.26. The molecule has 0 fully saturated rings. The van der Waals surface area contributed by atoms with Crippen molar-refractivity contribution in [2.24, 2.45) is 0 Å². The highest BCUT2D eigenvalue weighted by Crippen LogP contribution is 2.30. The highest BCUT2D eigenvalue weighted by Gasteiger charge is 2.18. The number of rotatable bonds is 2. The molecule has 0 aliphatic rings. The summed E-state index contributed by atoms with van der Waals surface area (Å²) in [5.74, 6) is -0.258. The van der Waals surface area contributed by atoms with Gasteiger partial charge >= 0.3 is 0 Å². The molecule has 2 aromatic rings. The summed E-state index contributed by atoms with van der Waals surface area (Å²) in [4.78, 5) is 0. The van der Waals surface area contributed by atoms with Crippen LogP contribution in [0.4, 0.5) is 4.39 Å². The largest absolute Gasteiger partial charge is 0.384 e. The average molecular weight is 258 g/mol. The summed E-state index contributed by atoms with van der Waals surface area (Å²) >= 11 is 0. The minimum absolute atomic E-state index is 0.258. The topological polar surface area (TPSA) is 20.2 Å². The Morgan fingerprint density at radius 2 is 1.47 bits per heavy atom. The number of aliphatic hydroxyl groups is 1. The van der Waals surface area contributed by atoms with Crippen molar-refractivity contribution in [1.82, 2.24) is 0 Å². The van der Waals surface area contributed by atoms with E-state index in [0.717, 1.165) is 27.8 Å². The van der Waals surface area contributed by atoms with Crippen molar-refractivity contribution in [3.05, 3.63) is 69.5 Å². The molecule has 0 heterocycles. The second kappa shape index (κ2) is 5.14. The maximum absolute atomic E-state index is 13.3. The van der Waals surface area contributed by atoms with Crippen molar-refractivity contribution in [3.8, 4) is 0 Å². The lowest BCUT2D eigenvalue weighted by molar-refractivity contribution is 0.218. The van der Waals surface area contributed by atoms with Crippen molar-refractivity contribution in [1.29, 1.82) is 0 Å². The van der Waals surface area contributed by atoms with Gasteiger partial charge in [0.2, 0.25) is 0 Å². The second-order valence-corrected chi connectivity index (χ2v) is 5.22. The van der Waals surface area contributed by atoms with Gasteiger partial charge < -0.3 is 5.11 Å². The maximum Gasteiger partial charge on any atom is 0.123 e. The summed E-state index contributed by atoms with van der Waals surface area (Å²) in [5, 5.41) is 10.6. The molecule has 0 radical (unpaired) electrons. The lowest BCUT2D eigenvalue weighted by atomic mass is 9.90. The van der Waals surface area contributed by atoms with Gasteiger partial charge in [-0.15, -0.1) is 0 Å². The normalized spacial score (nSPS) is 12.5. The number of aryl methyl sites for hydroxylation is 4. The summed E-state index contributed by atoms with van der Waals surface area (Å²) in [6, 6.07) is 8.91. The summed E-state index contributed by atoms with van der Waals surface area (Å²) in [7, 11) is 0. The minimum atomic E-state index is -0.707. The van der Waals surface area contributed by atoms with E-state index in [1.807, 2.05) is 45.9 Å². The van der Waals surface area contributed by atoms with Crippen LogP contribution < -0.4 is 0 Å². The monoisotopic (exact) mass is 258 g/mol. The molecule has 0 spiro atoms. The first-order chi connectivity index (χ1) is 8.90. The lowest BCUT2D eigenvalue weighted by Gasteiger charge is -2.19. The number of benzene rings is 2. The van der Waals surface area contributed by atoms with E-state index in [2.05, 4.69) is 0 Å². The second-order valence-electron chi connectivity index (χ2n) is 5.22. The van der Waals surface area contributed by atoms with E-state index in [9.17, 15) is 9.50 Å². The van der Waals surface area contributed by atoms with Crippen LogP contribution in [-0.4, -0.2) is 5.11 Å². The van der Waals surface area contributed by atoms with E-state index >= 15 is 0 Å². The van der Waals surface area contributed by atoms with Crippen molar-refractivity contribution >= 4 is 0 Å². The summed E-state index contributed by atoms with van der Waals surface area (Å²) in [6.07, 6.45) is -0.707. The standard InChI is InChI=1S/C17H19FO/c1-10-5-6-15(11(2)7-10)17(19)16-12(3)8-14(18)9-13(16)4/h5-9,17,19H,1-4H3. The molecule has 2 aromatic carbocycles. The summed E-state index contributed by atoms with van der Waals surface area (Å²) in [6.45, 7) is 7.67. The van der Waals surface area contributed by atoms with Gasteiger partial charge in [-0.1, -0.05) is 23.8 Å². The first kappa shape index (κ1) is 13.8. The zero-order chi connectivity index (χ0) is 14.2. The number of aliphatic hydroxyl groups excluding tert-OH is 1. The fraction of sp³-hybridized carbons (Fsp3) is 0.294. The highest BCUT2D eigenvalue weighted by molar-refractivity contribution is 5.43. The van der Waals surface area contributed by atoms with E-state index in [1.165, 1.54) is 17.7 Å². The van der Waals surface area contributed by atoms with Crippen molar-refractivity contribution in [3.63, 3.8) is 0 Å². The maximum atomic E-state index is 13.3. The predicted molar refractivity (Wildman–Crippen MR) is 75.9 cm³/mol. The molecule has 0 aliphatic heterocycles. The van der Waals surface area contributed by atoms with Gasteiger partial charge in [0.25, 0.3) is 0 Å².